The first-order chi connectivity index (χ1) is 23.3. The van der Waals surface area contributed by atoms with Gasteiger partial charge in [-0.2, -0.15) is 0 Å². The van der Waals surface area contributed by atoms with Crippen molar-refractivity contribution in [1.29, 1.82) is 0 Å². The van der Waals surface area contributed by atoms with Gasteiger partial charge in [0.1, 0.15) is 5.82 Å². The normalized spacial score (nSPS) is 29.0. The highest BCUT2D eigenvalue weighted by Gasteiger charge is 2.76. The molecule has 2 saturated heterocycles. The van der Waals surface area contributed by atoms with Gasteiger partial charge in [0.2, 0.25) is 17.6 Å². The van der Waals surface area contributed by atoms with E-state index in [0.717, 1.165) is 21.9 Å². The standard InChI is InChI=1S/C36H29Cl2FN2O8/c1-17(42)18-4-8-21(9-5-18)40-31(44)24-13-12-23-25(28(24)32(40)45)16-35(37)33(46)41(22-10-6-20(39)7-11-22)34(47)36(35,38)29(23)19-14-26(48-2)30(43)27(15-19)49-3/h4-12,14-15,24-25,28-29,43H,13,16H2,1-3H3/t24-,25+,28-,29-,35+,36-/m0/s1. The maximum Gasteiger partial charge on any atom is 0.258 e. The molecule has 4 amide bonds. The van der Waals surface area contributed by atoms with E-state index in [9.17, 15) is 33.5 Å². The Labute approximate surface area is 290 Å². The van der Waals surface area contributed by atoms with E-state index in [2.05, 4.69) is 0 Å². The fourth-order valence-corrected chi connectivity index (χ4v) is 8.89. The molecule has 13 heteroatoms. The summed E-state index contributed by atoms with van der Waals surface area (Å²) >= 11 is 14.8. The molecule has 1 N–H and O–H groups in total. The molecule has 10 nitrogen and oxygen atoms in total. The third kappa shape index (κ3) is 4.48. The number of imide groups is 2. The zero-order valence-corrected chi connectivity index (χ0v) is 27.9. The Morgan fingerprint density at radius 1 is 0.857 bits per heavy atom. The third-order valence-corrected chi connectivity index (χ3v) is 11.7. The summed E-state index contributed by atoms with van der Waals surface area (Å²) in [5.74, 6) is -7.57. The van der Waals surface area contributed by atoms with Gasteiger partial charge < -0.3 is 14.6 Å². The van der Waals surface area contributed by atoms with Crippen LogP contribution in [0, 0.1) is 23.6 Å². The molecule has 0 aromatic heterocycles. The molecule has 3 fully saturated rings. The first-order valence-electron chi connectivity index (χ1n) is 15.4. The Bertz CT molecular complexity index is 1980. The van der Waals surface area contributed by atoms with Crippen LogP contribution in [0.3, 0.4) is 0 Å². The van der Waals surface area contributed by atoms with Gasteiger partial charge in [-0.3, -0.25) is 28.9 Å². The van der Waals surface area contributed by atoms with Gasteiger partial charge in [0.25, 0.3) is 11.8 Å². The molecule has 1 saturated carbocycles. The Morgan fingerprint density at radius 3 is 2.00 bits per heavy atom. The van der Waals surface area contributed by atoms with Gasteiger partial charge >= 0.3 is 0 Å². The Morgan fingerprint density at radius 2 is 1.43 bits per heavy atom. The van der Waals surface area contributed by atoms with Crippen LogP contribution in [0.2, 0.25) is 0 Å². The van der Waals surface area contributed by atoms with Gasteiger partial charge in [-0.1, -0.05) is 11.6 Å². The third-order valence-electron chi connectivity index (χ3n) is 10.3. The van der Waals surface area contributed by atoms with Crippen molar-refractivity contribution < 1.29 is 42.9 Å². The largest absolute Gasteiger partial charge is 0.502 e. The van der Waals surface area contributed by atoms with Crippen molar-refractivity contribution in [2.45, 2.75) is 35.4 Å². The number of methoxy groups -OCH3 is 2. The molecule has 0 unspecified atom stereocenters. The first-order valence-corrected chi connectivity index (χ1v) is 16.2. The van der Waals surface area contributed by atoms with Gasteiger partial charge in [0.15, 0.2) is 27.0 Å². The molecule has 3 aromatic rings. The molecule has 4 aliphatic rings. The zero-order chi connectivity index (χ0) is 35.2. The highest BCUT2D eigenvalue weighted by atomic mass is 35.5. The van der Waals surface area contributed by atoms with Crippen molar-refractivity contribution in [3.63, 3.8) is 0 Å². The first kappa shape index (κ1) is 32.8. The molecule has 7 rings (SSSR count). The average Bonchev–Trinajstić information content (AvgIpc) is 3.43. The summed E-state index contributed by atoms with van der Waals surface area (Å²) in [4.78, 5) is 66.6. The van der Waals surface area contributed by atoms with Crippen molar-refractivity contribution in [3.8, 4) is 17.2 Å². The number of carbonyl (C=O) groups excluding carboxylic acids is 5. The molecular formula is C36H29Cl2FN2O8. The summed E-state index contributed by atoms with van der Waals surface area (Å²) in [5, 5.41) is 10.7. The monoisotopic (exact) mass is 706 g/mol. The van der Waals surface area contributed by atoms with Gasteiger partial charge in [-0.15, -0.1) is 23.2 Å². The number of Topliss-reactive ketones (excluding diaryl/α,β-unsaturated/α-hetero) is 1. The quantitative estimate of drug-likeness (QED) is 0.154. The molecule has 0 radical (unpaired) electrons. The van der Waals surface area contributed by atoms with Gasteiger partial charge in [0, 0.05) is 11.5 Å². The Hall–Kier alpha value is -4.74. The molecular weight excluding hydrogens is 678 g/mol. The highest BCUT2D eigenvalue weighted by molar-refractivity contribution is 6.58. The summed E-state index contributed by atoms with van der Waals surface area (Å²) in [7, 11) is 2.66. The predicted molar refractivity (Wildman–Crippen MR) is 177 cm³/mol. The van der Waals surface area contributed by atoms with Crippen LogP contribution >= 0.6 is 23.2 Å². The van der Waals surface area contributed by atoms with Gasteiger partial charge in [0.05, 0.1) is 37.4 Å². The lowest BCUT2D eigenvalue weighted by Crippen LogP contribution is -2.60. The van der Waals surface area contributed by atoms with E-state index in [-0.39, 0.29) is 47.2 Å². The number of hydrogen-bond acceptors (Lipinski definition) is 8. The van der Waals surface area contributed by atoms with Crippen molar-refractivity contribution in [3.05, 3.63) is 89.3 Å². The fourth-order valence-electron chi connectivity index (χ4n) is 7.95. The van der Waals surface area contributed by atoms with Crippen LogP contribution in [0.25, 0.3) is 0 Å². The number of rotatable bonds is 6. The van der Waals surface area contributed by atoms with Crippen LogP contribution in [0.1, 0.15) is 41.6 Å². The number of nitrogens with zero attached hydrogens (tertiary/aromatic N) is 2. The highest BCUT2D eigenvalue weighted by Crippen LogP contribution is 2.66. The second-order valence-electron chi connectivity index (χ2n) is 12.6. The fraction of sp³-hybridized carbons (Fsp3) is 0.306. The van der Waals surface area contributed by atoms with Crippen LogP contribution in [-0.2, 0) is 19.2 Å². The topological polar surface area (TPSA) is 131 Å². The van der Waals surface area contributed by atoms with Crippen LogP contribution in [-0.4, -0.2) is 58.5 Å². The predicted octanol–water partition coefficient (Wildman–Crippen LogP) is 5.52. The lowest BCUT2D eigenvalue weighted by molar-refractivity contribution is -0.125. The maximum absolute atomic E-state index is 14.6. The summed E-state index contributed by atoms with van der Waals surface area (Å²) in [6.45, 7) is 1.41. The number of fused-ring (bicyclic) bond motifs is 4. The van der Waals surface area contributed by atoms with Gasteiger partial charge in [-0.05, 0) is 91.9 Å². The molecule has 3 aromatic carbocycles. The number of ether oxygens (including phenoxy) is 2. The number of ketones is 1. The molecule has 6 atom stereocenters. The summed E-state index contributed by atoms with van der Waals surface area (Å²) in [6, 6.07) is 13.8. The number of anilines is 2. The van der Waals surface area contributed by atoms with Crippen LogP contribution in [0.15, 0.2) is 72.3 Å². The lowest BCUT2D eigenvalue weighted by Gasteiger charge is -2.50. The van der Waals surface area contributed by atoms with E-state index in [4.69, 9.17) is 32.7 Å². The van der Waals surface area contributed by atoms with Crippen molar-refractivity contribution in [2.75, 3.05) is 24.0 Å². The number of halogens is 3. The smallest absolute Gasteiger partial charge is 0.258 e. The number of allylic oxidation sites excluding steroid dienone is 2. The summed E-state index contributed by atoms with van der Waals surface area (Å²) in [6.07, 6.45) is 1.62. The molecule has 2 aliphatic heterocycles. The van der Waals surface area contributed by atoms with E-state index in [1.165, 1.54) is 69.7 Å². The Kier molecular flexibility index (Phi) is 7.64. The minimum atomic E-state index is -2.18. The number of amides is 4. The molecule has 252 valence electrons. The van der Waals surface area contributed by atoms with Crippen molar-refractivity contribution in [1.82, 2.24) is 0 Å². The maximum atomic E-state index is 14.6. The molecule has 0 bridgehead atoms. The van der Waals surface area contributed by atoms with Crippen LogP contribution in [0.4, 0.5) is 15.8 Å². The molecule has 0 spiro atoms. The molecule has 2 aliphatic carbocycles. The number of alkyl halides is 2. The summed E-state index contributed by atoms with van der Waals surface area (Å²) < 4.78 is 24.7. The zero-order valence-electron chi connectivity index (χ0n) is 26.4. The number of phenolic OH excluding ortho intramolecular Hbond substituents is 1. The van der Waals surface area contributed by atoms with Crippen molar-refractivity contribution >= 4 is 64.0 Å². The molecule has 49 heavy (non-hydrogen) atoms. The number of aromatic hydroxyl groups is 1. The minimum Gasteiger partial charge on any atom is -0.502 e. The van der Waals surface area contributed by atoms with E-state index in [0.29, 0.717) is 16.7 Å². The average molecular weight is 708 g/mol. The van der Waals surface area contributed by atoms with E-state index in [1.54, 1.807) is 6.08 Å². The lowest BCUT2D eigenvalue weighted by atomic mass is 9.56. The second kappa shape index (κ2) is 11.4. The van der Waals surface area contributed by atoms with Gasteiger partial charge in [-0.25, -0.2) is 9.29 Å². The SMILES string of the molecule is COc1cc([C@H]2C3=CC[C@@H]4C(=O)N(c5ccc(C(C)=O)cc5)C(=O)[C@@H]4[C@@H]3C[C@@]3(Cl)C(=O)N(c4ccc(F)cc4)C(=O)[C@@]23Cl)cc(OC)c1O. The van der Waals surface area contributed by atoms with E-state index < -0.39 is 62.9 Å². The van der Waals surface area contributed by atoms with Crippen LogP contribution in [0.5, 0.6) is 17.2 Å². The number of phenols is 1. The number of benzene rings is 3. The molecule has 2 heterocycles. The van der Waals surface area contributed by atoms with Crippen LogP contribution < -0.4 is 19.3 Å². The minimum absolute atomic E-state index is 0.00864. The van der Waals surface area contributed by atoms with E-state index in [1.807, 2.05) is 0 Å². The second-order valence-corrected chi connectivity index (χ2v) is 13.9. The summed E-state index contributed by atoms with van der Waals surface area (Å²) in [5.41, 5.74) is 1.57. The van der Waals surface area contributed by atoms with E-state index >= 15 is 0 Å². The number of carbonyl (C=O) groups is 5. The van der Waals surface area contributed by atoms with Crippen molar-refractivity contribution in [2.24, 2.45) is 17.8 Å². The number of hydrogen-bond donors (Lipinski definition) is 1. The Balaban J connectivity index is 1.40.